The van der Waals surface area contributed by atoms with E-state index in [1.165, 1.54) is 22.3 Å². The molecule has 0 radical (unpaired) electrons. The number of fused-ring (bicyclic) bond motifs is 1. The minimum Gasteiger partial charge on any atom is -0.471 e. The van der Waals surface area contributed by atoms with Crippen molar-refractivity contribution in [2.75, 3.05) is 6.54 Å². The van der Waals surface area contributed by atoms with Gasteiger partial charge in [-0.05, 0) is 62.1 Å². The summed E-state index contributed by atoms with van der Waals surface area (Å²) in [6, 6.07) is 8.86. The van der Waals surface area contributed by atoms with Crippen LogP contribution in [0, 0.1) is 11.3 Å². The Labute approximate surface area is 306 Å². The Morgan fingerprint density at radius 3 is 2.35 bits per heavy atom. The van der Waals surface area contributed by atoms with Gasteiger partial charge in [-0.1, -0.05) is 45.0 Å². The summed E-state index contributed by atoms with van der Waals surface area (Å²) in [5.74, 6) is -2.39. The number of thiophene rings is 1. The van der Waals surface area contributed by atoms with E-state index in [4.69, 9.17) is 19.4 Å². The molecule has 3 aromatic rings. The van der Waals surface area contributed by atoms with Crippen molar-refractivity contribution < 1.29 is 37.1 Å². The minimum absolute atomic E-state index is 0.0000910. The van der Waals surface area contributed by atoms with Crippen LogP contribution in [0.1, 0.15) is 60.3 Å². The smallest absolute Gasteiger partial charge is 0.408 e. The van der Waals surface area contributed by atoms with Gasteiger partial charge in [-0.2, -0.15) is 0 Å². The van der Waals surface area contributed by atoms with Gasteiger partial charge in [0.05, 0.1) is 33.8 Å². The van der Waals surface area contributed by atoms with Crippen molar-refractivity contribution in [2.45, 2.75) is 95.4 Å². The Bertz CT molecular complexity index is 1990. The SMILES string of the molecule is C=C[C@@H]1CC1(NC(=O)[C@@H]1C[C@@H](Oc2nc3ccccc3nc2-c2cccs2)CN1C(=O)[C@@H](NC(=O)OC(C)C)C(C)(C)C)C(=O)NS(=O)(=O)C1CC1. The highest BCUT2D eigenvalue weighted by molar-refractivity contribution is 7.91. The average Bonchev–Trinajstić information content (AvgIpc) is 3.95. The number of ether oxygens (including phenoxy) is 2. The van der Waals surface area contributed by atoms with Crippen LogP contribution < -0.4 is 20.1 Å². The molecule has 6 rings (SSSR count). The number of rotatable bonds is 12. The molecule has 5 atom stereocenters. The van der Waals surface area contributed by atoms with E-state index < -0.39 is 80.3 Å². The zero-order valence-corrected chi connectivity index (χ0v) is 31.4. The number of benzene rings is 1. The number of hydrogen-bond acceptors (Lipinski definition) is 11. The van der Waals surface area contributed by atoms with Gasteiger partial charge in [-0.3, -0.25) is 19.1 Å². The molecule has 0 spiro atoms. The number of amides is 4. The molecule has 2 aromatic heterocycles. The first-order valence-corrected chi connectivity index (χ1v) is 19.7. The second-order valence-corrected chi connectivity index (χ2v) is 17.8. The van der Waals surface area contributed by atoms with Crippen molar-refractivity contribution in [3.8, 4) is 16.5 Å². The van der Waals surface area contributed by atoms with Gasteiger partial charge in [0, 0.05) is 12.3 Å². The van der Waals surface area contributed by atoms with Gasteiger partial charge in [-0.25, -0.2) is 23.2 Å². The van der Waals surface area contributed by atoms with Crippen LogP contribution in [0.25, 0.3) is 21.6 Å². The van der Waals surface area contributed by atoms with E-state index in [-0.39, 0.29) is 25.3 Å². The summed E-state index contributed by atoms with van der Waals surface area (Å²) in [6.45, 7) is 12.4. The third-order valence-corrected chi connectivity index (χ3v) is 12.1. The topological polar surface area (TPSA) is 186 Å². The molecule has 3 heterocycles. The van der Waals surface area contributed by atoms with Gasteiger partial charge in [-0.15, -0.1) is 17.9 Å². The summed E-state index contributed by atoms with van der Waals surface area (Å²) < 4.78 is 39.3. The quantitative estimate of drug-likeness (QED) is 0.229. The number of alkyl carbamates (subject to hydrolysis) is 1. The highest BCUT2D eigenvalue weighted by Crippen LogP contribution is 2.45. The Kier molecular flexibility index (Phi) is 10.1. The normalized spacial score (nSPS) is 23.5. The number of carbonyl (C=O) groups is 4. The number of hydrogen-bond donors (Lipinski definition) is 3. The van der Waals surface area contributed by atoms with Gasteiger partial charge in [0.1, 0.15) is 29.4 Å². The van der Waals surface area contributed by atoms with Crippen LogP contribution in [0.4, 0.5) is 4.79 Å². The zero-order chi connectivity index (χ0) is 37.6. The number of sulfonamides is 1. The summed E-state index contributed by atoms with van der Waals surface area (Å²) in [5, 5.41) is 6.74. The summed E-state index contributed by atoms with van der Waals surface area (Å²) in [5.41, 5.74) is -0.611. The van der Waals surface area contributed by atoms with Crippen molar-refractivity contribution in [1.82, 2.24) is 30.2 Å². The maximum Gasteiger partial charge on any atom is 0.408 e. The van der Waals surface area contributed by atoms with Crippen LogP contribution in [-0.4, -0.2) is 88.7 Å². The Morgan fingerprint density at radius 1 is 1.08 bits per heavy atom. The van der Waals surface area contributed by atoms with E-state index in [1.54, 1.807) is 34.6 Å². The number of nitrogens with zero attached hydrogens (tertiary/aromatic N) is 3. The molecule has 1 aromatic carbocycles. The van der Waals surface area contributed by atoms with Crippen molar-refractivity contribution in [2.24, 2.45) is 11.3 Å². The molecule has 1 aliphatic heterocycles. The van der Waals surface area contributed by atoms with Crippen molar-refractivity contribution >= 4 is 56.2 Å². The van der Waals surface area contributed by atoms with E-state index in [2.05, 4.69) is 21.9 Å². The Morgan fingerprint density at radius 2 is 1.77 bits per heavy atom. The zero-order valence-electron chi connectivity index (χ0n) is 29.7. The van der Waals surface area contributed by atoms with Crippen LogP contribution in [0.5, 0.6) is 5.88 Å². The lowest BCUT2D eigenvalue weighted by Gasteiger charge is -2.35. The van der Waals surface area contributed by atoms with Crippen molar-refractivity contribution in [1.29, 1.82) is 0 Å². The molecule has 2 aliphatic carbocycles. The molecule has 3 fully saturated rings. The molecule has 16 heteroatoms. The van der Waals surface area contributed by atoms with Crippen molar-refractivity contribution in [3.63, 3.8) is 0 Å². The molecular weight excluding hydrogens is 709 g/mol. The summed E-state index contributed by atoms with van der Waals surface area (Å²) in [6.07, 6.45) is 0.556. The summed E-state index contributed by atoms with van der Waals surface area (Å²) in [7, 11) is -3.90. The lowest BCUT2D eigenvalue weighted by atomic mass is 9.85. The maximum atomic E-state index is 14.5. The van der Waals surface area contributed by atoms with Crippen LogP contribution in [0.15, 0.2) is 54.4 Å². The molecule has 4 amide bonds. The Balaban J connectivity index is 1.32. The molecule has 2 saturated carbocycles. The van der Waals surface area contributed by atoms with E-state index in [0.29, 0.717) is 29.6 Å². The monoisotopic (exact) mass is 752 g/mol. The number of para-hydroxylation sites is 2. The van der Waals surface area contributed by atoms with Gasteiger partial charge in [0.2, 0.25) is 27.7 Å². The highest BCUT2D eigenvalue weighted by Gasteiger charge is 2.62. The third kappa shape index (κ3) is 7.77. The minimum atomic E-state index is -3.90. The van der Waals surface area contributed by atoms with E-state index in [0.717, 1.165) is 4.88 Å². The van der Waals surface area contributed by atoms with Crippen LogP contribution >= 0.6 is 11.3 Å². The number of carbonyl (C=O) groups excluding carboxylic acids is 4. The fourth-order valence-electron chi connectivity index (χ4n) is 6.37. The largest absolute Gasteiger partial charge is 0.471 e. The van der Waals surface area contributed by atoms with E-state index in [9.17, 15) is 27.6 Å². The number of aromatic nitrogens is 2. The molecule has 52 heavy (non-hydrogen) atoms. The summed E-state index contributed by atoms with van der Waals surface area (Å²) >= 11 is 1.46. The maximum absolute atomic E-state index is 14.5. The van der Waals surface area contributed by atoms with E-state index >= 15 is 0 Å². The second-order valence-electron chi connectivity index (χ2n) is 14.9. The molecular formula is C36H44N6O8S2. The van der Waals surface area contributed by atoms with Crippen LogP contribution in [0.2, 0.25) is 0 Å². The number of likely N-dealkylation sites (tertiary alicyclic amines) is 1. The first-order valence-electron chi connectivity index (χ1n) is 17.3. The first kappa shape index (κ1) is 37.2. The van der Waals surface area contributed by atoms with Gasteiger partial charge < -0.3 is 25.0 Å². The fourth-order valence-corrected chi connectivity index (χ4v) is 8.44. The van der Waals surface area contributed by atoms with E-state index in [1.807, 2.05) is 41.8 Å². The molecule has 1 unspecified atom stereocenters. The number of nitrogens with one attached hydrogen (secondary N) is 3. The molecule has 1 saturated heterocycles. The lowest BCUT2D eigenvalue weighted by Crippen LogP contribution is -2.60. The van der Waals surface area contributed by atoms with Gasteiger partial charge >= 0.3 is 6.09 Å². The molecule has 14 nitrogen and oxygen atoms in total. The first-order chi connectivity index (χ1) is 24.5. The van der Waals surface area contributed by atoms with Gasteiger partial charge in [0.25, 0.3) is 5.91 Å². The second kappa shape index (κ2) is 14.1. The lowest BCUT2D eigenvalue weighted by molar-refractivity contribution is -0.142. The van der Waals surface area contributed by atoms with Crippen molar-refractivity contribution in [3.05, 3.63) is 54.4 Å². The highest BCUT2D eigenvalue weighted by atomic mass is 32.2. The summed E-state index contributed by atoms with van der Waals surface area (Å²) in [4.78, 5) is 66.8. The molecule has 0 bridgehead atoms. The molecule has 3 aliphatic rings. The van der Waals surface area contributed by atoms with Gasteiger partial charge in [0.15, 0.2) is 0 Å². The average molecular weight is 753 g/mol. The molecule has 3 N–H and O–H groups in total. The fraction of sp³-hybridized carbons (Fsp3) is 0.500. The molecule has 278 valence electrons. The predicted molar refractivity (Wildman–Crippen MR) is 195 cm³/mol. The van der Waals surface area contributed by atoms with Crippen LogP contribution in [-0.2, 0) is 29.1 Å². The third-order valence-electron chi connectivity index (χ3n) is 9.39. The predicted octanol–water partition coefficient (Wildman–Crippen LogP) is 3.93. The van der Waals surface area contributed by atoms with Crippen LogP contribution in [0.3, 0.4) is 0 Å². The Hall–Kier alpha value is -4.57. The standard InChI is InChI=1S/C36H44N6O8S2/c1-7-21-18-36(21,33(45)41-52(47,48)23-14-15-23)40-30(43)26-17-22(19-42(26)32(44)29(35(4,5)6)39-34(46)49-20(2)3)50-31-28(27-13-10-16-51-27)37-24-11-8-9-12-25(24)38-31/h7-13,16,20-23,26,29H,1,14-15,17-19H2,2-6H3,(H,39,46)(H,40,43)(H,41,45)/t21-,22-,26+,29-,36?/m1/s1.